The summed E-state index contributed by atoms with van der Waals surface area (Å²) in [4.78, 5) is 13.9. The zero-order valence-corrected chi connectivity index (χ0v) is 23.6. The van der Waals surface area contributed by atoms with Gasteiger partial charge in [0.1, 0.15) is 0 Å². The quantitative estimate of drug-likeness (QED) is 0.518. The fourth-order valence-corrected chi connectivity index (χ4v) is 6.95. The molecule has 0 atom stereocenters. The summed E-state index contributed by atoms with van der Waals surface area (Å²) in [6, 6.07) is 9.15. The summed E-state index contributed by atoms with van der Waals surface area (Å²) < 4.78 is 34.0. The Labute approximate surface area is 222 Å². The summed E-state index contributed by atoms with van der Waals surface area (Å²) in [6.07, 6.45) is 8.15. The first-order valence-electron chi connectivity index (χ1n) is 13.7. The van der Waals surface area contributed by atoms with Crippen molar-refractivity contribution in [3.8, 4) is 0 Å². The van der Waals surface area contributed by atoms with E-state index >= 15 is 0 Å². The van der Waals surface area contributed by atoms with Gasteiger partial charge in [-0.1, -0.05) is 39.0 Å². The normalized spacial score (nSPS) is 22.4. The average molecular weight is 533 g/mol. The molecule has 0 radical (unpaired) electrons. The largest absolute Gasteiger partial charge is 0.449 e. The van der Waals surface area contributed by atoms with Crippen LogP contribution in [-0.4, -0.2) is 56.0 Å². The maximum Gasteiger partial charge on any atom is 0.404 e. The van der Waals surface area contributed by atoms with Crippen LogP contribution in [0, 0.1) is 11.3 Å². The van der Waals surface area contributed by atoms with Crippen molar-refractivity contribution in [1.82, 2.24) is 14.2 Å². The zero-order valence-electron chi connectivity index (χ0n) is 22.8. The second-order valence-electron chi connectivity index (χ2n) is 12.0. The highest BCUT2D eigenvalue weighted by molar-refractivity contribution is 7.88. The lowest BCUT2D eigenvalue weighted by molar-refractivity contribution is 0.0719. The minimum absolute atomic E-state index is 0.160. The summed E-state index contributed by atoms with van der Waals surface area (Å²) in [6.45, 7) is 9.61. The van der Waals surface area contributed by atoms with Gasteiger partial charge in [-0.25, -0.2) is 17.9 Å². The number of piperidine rings is 1. The summed E-state index contributed by atoms with van der Waals surface area (Å²) >= 11 is 0. The van der Waals surface area contributed by atoms with Gasteiger partial charge in [-0.15, -0.1) is 0 Å². The van der Waals surface area contributed by atoms with Crippen molar-refractivity contribution in [3.63, 3.8) is 0 Å². The fourth-order valence-electron chi connectivity index (χ4n) is 6.54. The Bertz CT molecular complexity index is 1180. The molecule has 9 heteroatoms. The van der Waals surface area contributed by atoms with Crippen LogP contribution in [0.1, 0.15) is 76.6 Å². The lowest BCUT2D eigenvalue weighted by Crippen LogP contribution is -2.44. The number of nitrogens with zero attached hydrogens (tertiary/aromatic N) is 2. The van der Waals surface area contributed by atoms with Gasteiger partial charge >= 0.3 is 6.09 Å². The molecule has 2 fully saturated rings. The summed E-state index contributed by atoms with van der Waals surface area (Å²) in [7, 11) is -3.36. The van der Waals surface area contributed by atoms with Crippen LogP contribution in [0.15, 0.2) is 24.3 Å². The number of carbonyl (C=O) groups excluding carboxylic acids is 1. The first-order chi connectivity index (χ1) is 17.4. The maximum atomic E-state index is 11.9. The van der Waals surface area contributed by atoms with Crippen molar-refractivity contribution in [2.24, 2.45) is 17.1 Å². The van der Waals surface area contributed by atoms with Crippen LogP contribution in [0.25, 0.3) is 10.9 Å². The topological polar surface area (TPSA) is 107 Å². The minimum atomic E-state index is -3.36. The molecule has 4 rings (SSSR count). The number of benzene rings is 1. The molecule has 2 aliphatic rings. The average Bonchev–Trinajstić information content (AvgIpc) is 3.15. The van der Waals surface area contributed by atoms with Gasteiger partial charge in [0, 0.05) is 54.7 Å². The monoisotopic (exact) mass is 532 g/mol. The van der Waals surface area contributed by atoms with E-state index in [0.29, 0.717) is 23.9 Å². The molecule has 1 aromatic carbocycles. The van der Waals surface area contributed by atoms with E-state index in [1.165, 1.54) is 31.9 Å². The Morgan fingerprint density at radius 3 is 2.30 bits per heavy atom. The van der Waals surface area contributed by atoms with Gasteiger partial charge in [0.15, 0.2) is 0 Å². The van der Waals surface area contributed by atoms with Crippen molar-refractivity contribution < 1.29 is 17.9 Å². The van der Waals surface area contributed by atoms with Gasteiger partial charge in [0.2, 0.25) is 10.0 Å². The zero-order chi connectivity index (χ0) is 26.8. The third-order valence-corrected chi connectivity index (χ3v) is 9.19. The van der Waals surface area contributed by atoms with E-state index in [-0.39, 0.29) is 13.2 Å². The lowest BCUT2D eigenvalue weighted by atomic mass is 9.71. The highest BCUT2D eigenvalue weighted by Gasteiger charge is 2.34. The summed E-state index contributed by atoms with van der Waals surface area (Å²) in [5.74, 6) is 0.816. The Kier molecular flexibility index (Phi) is 8.55. The van der Waals surface area contributed by atoms with Crippen LogP contribution < -0.4 is 10.5 Å². The number of carbonyl (C=O) groups is 1. The van der Waals surface area contributed by atoms with Crippen molar-refractivity contribution in [2.75, 3.05) is 26.0 Å². The third-order valence-electron chi connectivity index (χ3n) is 8.52. The Morgan fingerprint density at radius 1 is 1.05 bits per heavy atom. The molecule has 2 heterocycles. The van der Waals surface area contributed by atoms with Gasteiger partial charge < -0.3 is 19.9 Å². The maximum absolute atomic E-state index is 11.9. The van der Waals surface area contributed by atoms with Crippen molar-refractivity contribution in [1.29, 1.82) is 0 Å². The van der Waals surface area contributed by atoms with E-state index in [4.69, 9.17) is 10.5 Å². The molecule has 206 valence electrons. The molecule has 0 spiro atoms. The number of ether oxygens (including phenoxy) is 1. The highest BCUT2D eigenvalue weighted by Crippen LogP contribution is 2.41. The first kappa shape index (κ1) is 27.9. The summed E-state index contributed by atoms with van der Waals surface area (Å²) in [5.41, 5.74) is 8.68. The first-order valence-corrected chi connectivity index (χ1v) is 15.5. The SMILES string of the molecule is CC(C)(C)[C@H]1CC[C@@H](N2CCC(n3c(CCOC(N)=O)c(CNS(C)(=O)=O)c4ccccc43)CC2)CC1. The smallest absolute Gasteiger partial charge is 0.404 e. The van der Waals surface area contributed by atoms with Crippen LogP contribution >= 0.6 is 0 Å². The molecule has 2 aromatic rings. The van der Waals surface area contributed by atoms with Crippen LogP contribution in [-0.2, 0) is 27.7 Å². The molecular formula is C28H44N4O4S. The van der Waals surface area contributed by atoms with Gasteiger partial charge in [0.25, 0.3) is 0 Å². The molecule has 1 aliphatic heterocycles. The fraction of sp³-hybridized carbons (Fsp3) is 0.679. The predicted octanol–water partition coefficient (Wildman–Crippen LogP) is 4.57. The third kappa shape index (κ3) is 6.86. The highest BCUT2D eigenvalue weighted by atomic mass is 32.2. The van der Waals surface area contributed by atoms with Crippen LogP contribution in [0.2, 0.25) is 0 Å². The molecule has 0 bridgehead atoms. The number of hydrogen-bond acceptors (Lipinski definition) is 5. The molecule has 37 heavy (non-hydrogen) atoms. The number of fused-ring (bicyclic) bond motifs is 1. The molecule has 3 N–H and O–H groups in total. The standard InChI is InChI=1S/C28H44N4O4S/c1-28(2,3)20-9-11-21(12-10-20)31-16-13-22(14-17-31)32-25-8-6-5-7-23(25)24(19-30-37(4,34)35)26(32)15-18-36-27(29)33/h5-8,20-22,30H,9-19H2,1-4H3,(H2,29,33)/t20-,21+. The number of primary amides is 1. The Balaban J connectivity index is 1.54. The molecule has 1 aliphatic carbocycles. The molecule has 1 saturated heterocycles. The second kappa shape index (κ2) is 11.3. The van der Waals surface area contributed by atoms with Gasteiger partial charge in [0.05, 0.1) is 12.9 Å². The molecule has 1 amide bonds. The molecule has 1 saturated carbocycles. The number of nitrogens with two attached hydrogens (primary N) is 1. The van der Waals surface area contributed by atoms with Gasteiger partial charge in [-0.05, 0) is 61.5 Å². The number of likely N-dealkylation sites (tertiary alicyclic amines) is 1. The molecular weight excluding hydrogens is 488 g/mol. The number of para-hydroxylation sites is 1. The van der Waals surface area contributed by atoms with E-state index < -0.39 is 16.1 Å². The predicted molar refractivity (Wildman–Crippen MR) is 148 cm³/mol. The lowest BCUT2D eigenvalue weighted by Gasteiger charge is -2.44. The van der Waals surface area contributed by atoms with Crippen molar-refractivity contribution >= 4 is 27.0 Å². The number of hydrogen-bond donors (Lipinski definition) is 2. The van der Waals surface area contributed by atoms with Crippen LogP contribution in [0.4, 0.5) is 4.79 Å². The molecule has 1 aromatic heterocycles. The number of rotatable bonds is 8. The van der Waals surface area contributed by atoms with E-state index in [0.717, 1.165) is 54.0 Å². The van der Waals surface area contributed by atoms with E-state index in [2.05, 4.69) is 41.0 Å². The van der Waals surface area contributed by atoms with E-state index in [1.807, 2.05) is 18.2 Å². The minimum Gasteiger partial charge on any atom is -0.449 e. The van der Waals surface area contributed by atoms with Crippen LogP contribution in [0.3, 0.4) is 0 Å². The van der Waals surface area contributed by atoms with E-state index in [9.17, 15) is 13.2 Å². The second-order valence-corrected chi connectivity index (χ2v) is 13.8. The number of amides is 1. The van der Waals surface area contributed by atoms with E-state index in [1.54, 1.807) is 0 Å². The van der Waals surface area contributed by atoms with Gasteiger partial charge in [-0.3, -0.25) is 0 Å². The molecule has 0 unspecified atom stereocenters. The molecule has 8 nitrogen and oxygen atoms in total. The van der Waals surface area contributed by atoms with Crippen molar-refractivity contribution in [2.45, 2.75) is 84.3 Å². The Hall–Kier alpha value is -2.10. The summed E-state index contributed by atoms with van der Waals surface area (Å²) in [5, 5.41) is 1.04. The number of aromatic nitrogens is 1. The van der Waals surface area contributed by atoms with Crippen LogP contribution in [0.5, 0.6) is 0 Å². The van der Waals surface area contributed by atoms with Gasteiger partial charge in [-0.2, -0.15) is 0 Å². The number of nitrogens with one attached hydrogen (secondary N) is 1. The number of sulfonamides is 1. The van der Waals surface area contributed by atoms with Crippen molar-refractivity contribution in [3.05, 3.63) is 35.5 Å². The Morgan fingerprint density at radius 2 is 1.70 bits per heavy atom.